The summed E-state index contributed by atoms with van der Waals surface area (Å²) in [5.74, 6) is 0.860. The standard InChI is InChI=1S/C30H22N2O4S/c1-19-11-12-21(24-17-22-9-5-6-10-26(22)36-29(24)34)18-25(19)31-30(37)32-28(33)16-14-23-13-15-27(35-23)20-7-3-2-4-8-20/h2-18H,1H3,(H2,31,32,33,37)/b16-14+. The number of benzene rings is 3. The Balaban J connectivity index is 1.26. The van der Waals surface area contributed by atoms with Crippen molar-refractivity contribution in [2.45, 2.75) is 6.92 Å². The third-order valence-electron chi connectivity index (χ3n) is 5.76. The van der Waals surface area contributed by atoms with Crippen molar-refractivity contribution in [3.8, 4) is 22.5 Å². The third-order valence-corrected chi connectivity index (χ3v) is 5.96. The molecule has 0 aliphatic rings. The number of hydrogen-bond donors (Lipinski definition) is 2. The fraction of sp³-hybridized carbons (Fsp3) is 0.0333. The molecule has 3 aromatic carbocycles. The number of para-hydroxylation sites is 1. The monoisotopic (exact) mass is 506 g/mol. The minimum absolute atomic E-state index is 0.130. The van der Waals surface area contributed by atoms with Crippen LogP contribution < -0.4 is 16.3 Å². The van der Waals surface area contributed by atoms with Crippen molar-refractivity contribution in [1.29, 1.82) is 0 Å². The molecule has 182 valence electrons. The van der Waals surface area contributed by atoms with Crippen LogP contribution in [0.15, 0.2) is 111 Å². The second kappa shape index (κ2) is 10.5. The summed E-state index contributed by atoms with van der Waals surface area (Å²) in [6, 6.07) is 28.0. The van der Waals surface area contributed by atoms with Crippen LogP contribution in [-0.4, -0.2) is 11.0 Å². The lowest BCUT2D eigenvalue weighted by atomic mass is 10.0. The zero-order chi connectivity index (χ0) is 25.8. The average Bonchev–Trinajstić information content (AvgIpc) is 3.38. The highest BCUT2D eigenvalue weighted by Gasteiger charge is 2.11. The van der Waals surface area contributed by atoms with Gasteiger partial charge in [-0.3, -0.25) is 10.1 Å². The molecule has 0 fully saturated rings. The predicted molar refractivity (Wildman–Crippen MR) is 150 cm³/mol. The molecular weight excluding hydrogens is 484 g/mol. The first kappa shape index (κ1) is 24.0. The Bertz CT molecular complexity index is 1700. The van der Waals surface area contributed by atoms with Crippen LogP contribution in [0.1, 0.15) is 11.3 Å². The zero-order valence-corrected chi connectivity index (χ0v) is 20.7. The Labute approximate surface area is 218 Å². The Morgan fingerprint density at radius 3 is 2.49 bits per heavy atom. The molecule has 7 heteroatoms. The number of aryl methyl sites for hydroxylation is 1. The molecular formula is C30H22N2O4S. The molecule has 0 spiro atoms. The van der Waals surface area contributed by atoms with E-state index >= 15 is 0 Å². The van der Waals surface area contributed by atoms with Crippen LogP contribution in [0, 0.1) is 6.92 Å². The van der Waals surface area contributed by atoms with Gasteiger partial charge in [-0.05, 0) is 66.7 Å². The van der Waals surface area contributed by atoms with Crippen LogP contribution in [0.5, 0.6) is 0 Å². The number of anilines is 1. The van der Waals surface area contributed by atoms with E-state index < -0.39 is 11.5 Å². The first-order valence-corrected chi connectivity index (χ1v) is 12.0. The molecule has 0 unspecified atom stereocenters. The average molecular weight is 507 g/mol. The molecule has 0 radical (unpaired) electrons. The van der Waals surface area contributed by atoms with E-state index in [0.29, 0.717) is 33.9 Å². The minimum Gasteiger partial charge on any atom is -0.457 e. The van der Waals surface area contributed by atoms with Crippen molar-refractivity contribution < 1.29 is 13.6 Å². The summed E-state index contributed by atoms with van der Waals surface area (Å²) in [7, 11) is 0. The van der Waals surface area contributed by atoms with Crippen molar-refractivity contribution in [3.05, 3.63) is 119 Å². The molecule has 1 amide bonds. The number of amides is 1. The van der Waals surface area contributed by atoms with E-state index in [-0.39, 0.29) is 5.11 Å². The van der Waals surface area contributed by atoms with E-state index in [1.807, 2.05) is 73.7 Å². The Morgan fingerprint density at radius 1 is 0.865 bits per heavy atom. The zero-order valence-electron chi connectivity index (χ0n) is 19.9. The highest BCUT2D eigenvalue weighted by Crippen LogP contribution is 2.26. The summed E-state index contributed by atoms with van der Waals surface area (Å²) in [5.41, 5.74) is 3.73. The van der Waals surface area contributed by atoms with Gasteiger partial charge in [-0.1, -0.05) is 60.7 Å². The van der Waals surface area contributed by atoms with Crippen molar-refractivity contribution in [2.24, 2.45) is 0 Å². The van der Waals surface area contributed by atoms with Gasteiger partial charge in [0, 0.05) is 22.7 Å². The minimum atomic E-state index is -0.428. The third kappa shape index (κ3) is 5.58. The van der Waals surface area contributed by atoms with Crippen molar-refractivity contribution >= 4 is 46.0 Å². The second-order valence-electron chi connectivity index (χ2n) is 8.36. The number of carbonyl (C=O) groups excluding carboxylic acids is 1. The first-order valence-electron chi connectivity index (χ1n) is 11.6. The van der Waals surface area contributed by atoms with Crippen LogP contribution in [0.4, 0.5) is 5.69 Å². The van der Waals surface area contributed by atoms with Crippen LogP contribution in [-0.2, 0) is 4.79 Å². The first-order chi connectivity index (χ1) is 18.0. The Morgan fingerprint density at radius 2 is 1.65 bits per heavy atom. The quantitative estimate of drug-likeness (QED) is 0.160. The fourth-order valence-corrected chi connectivity index (χ4v) is 4.06. The maximum absolute atomic E-state index is 12.6. The van der Waals surface area contributed by atoms with Crippen molar-refractivity contribution in [2.75, 3.05) is 5.32 Å². The molecule has 2 aromatic heterocycles. The molecule has 0 bridgehead atoms. The van der Waals surface area contributed by atoms with Gasteiger partial charge in [0.25, 0.3) is 0 Å². The van der Waals surface area contributed by atoms with E-state index in [4.69, 9.17) is 21.1 Å². The molecule has 0 saturated carbocycles. The van der Waals surface area contributed by atoms with E-state index in [2.05, 4.69) is 10.6 Å². The fourth-order valence-electron chi connectivity index (χ4n) is 3.85. The molecule has 0 saturated heterocycles. The van der Waals surface area contributed by atoms with E-state index in [1.165, 1.54) is 6.08 Å². The topological polar surface area (TPSA) is 84.5 Å². The van der Waals surface area contributed by atoms with E-state index in [1.54, 1.807) is 30.3 Å². The predicted octanol–water partition coefficient (Wildman–Crippen LogP) is 6.55. The lowest BCUT2D eigenvalue weighted by Gasteiger charge is -2.12. The smallest absolute Gasteiger partial charge is 0.344 e. The number of rotatable bonds is 5. The summed E-state index contributed by atoms with van der Waals surface area (Å²) >= 11 is 5.34. The summed E-state index contributed by atoms with van der Waals surface area (Å²) < 4.78 is 11.2. The SMILES string of the molecule is Cc1ccc(-c2cc3ccccc3oc2=O)cc1NC(=S)NC(=O)/C=C/c1ccc(-c2ccccc2)o1. The molecule has 5 rings (SSSR count). The highest BCUT2D eigenvalue weighted by atomic mass is 32.1. The molecule has 0 aliphatic heterocycles. The van der Waals surface area contributed by atoms with Gasteiger partial charge in [0.2, 0.25) is 5.91 Å². The van der Waals surface area contributed by atoms with Gasteiger partial charge in [0.05, 0.1) is 5.56 Å². The van der Waals surface area contributed by atoms with Gasteiger partial charge in [0.15, 0.2) is 5.11 Å². The molecule has 6 nitrogen and oxygen atoms in total. The van der Waals surface area contributed by atoms with Crippen LogP contribution >= 0.6 is 12.2 Å². The highest BCUT2D eigenvalue weighted by molar-refractivity contribution is 7.80. The van der Waals surface area contributed by atoms with Crippen LogP contribution in [0.3, 0.4) is 0 Å². The van der Waals surface area contributed by atoms with Gasteiger partial charge in [-0.2, -0.15) is 0 Å². The number of fused-ring (bicyclic) bond motifs is 1. The summed E-state index contributed by atoms with van der Waals surface area (Å²) in [4.78, 5) is 25.0. The maximum Gasteiger partial charge on any atom is 0.344 e. The van der Waals surface area contributed by atoms with Gasteiger partial charge in [-0.25, -0.2) is 4.79 Å². The Hall–Kier alpha value is -4.75. The normalized spacial score (nSPS) is 11.1. The summed E-state index contributed by atoms with van der Waals surface area (Å²) in [5, 5.41) is 6.63. The second-order valence-corrected chi connectivity index (χ2v) is 8.77. The van der Waals surface area contributed by atoms with Gasteiger partial charge < -0.3 is 14.2 Å². The molecule has 37 heavy (non-hydrogen) atoms. The van der Waals surface area contributed by atoms with E-state index in [0.717, 1.165) is 16.5 Å². The summed E-state index contributed by atoms with van der Waals surface area (Å²) in [6.07, 6.45) is 2.93. The summed E-state index contributed by atoms with van der Waals surface area (Å²) in [6.45, 7) is 1.90. The number of furan rings is 1. The molecule has 2 heterocycles. The number of hydrogen-bond acceptors (Lipinski definition) is 5. The van der Waals surface area contributed by atoms with Crippen molar-refractivity contribution in [1.82, 2.24) is 5.32 Å². The molecule has 2 N–H and O–H groups in total. The number of thiocarbonyl (C=S) groups is 1. The molecule has 5 aromatic rings. The van der Waals surface area contributed by atoms with Crippen LogP contribution in [0.25, 0.3) is 39.5 Å². The molecule has 0 atom stereocenters. The van der Waals surface area contributed by atoms with E-state index in [9.17, 15) is 9.59 Å². The number of carbonyl (C=O) groups is 1. The maximum atomic E-state index is 12.6. The van der Waals surface area contributed by atoms with Gasteiger partial charge in [0.1, 0.15) is 17.1 Å². The lowest BCUT2D eigenvalue weighted by molar-refractivity contribution is -0.115. The largest absolute Gasteiger partial charge is 0.457 e. The number of nitrogens with one attached hydrogen (secondary N) is 2. The van der Waals surface area contributed by atoms with Crippen molar-refractivity contribution in [3.63, 3.8) is 0 Å². The Kier molecular flexibility index (Phi) is 6.78. The van der Waals surface area contributed by atoms with Gasteiger partial charge in [-0.15, -0.1) is 0 Å². The van der Waals surface area contributed by atoms with Gasteiger partial charge >= 0.3 is 5.63 Å². The lowest BCUT2D eigenvalue weighted by Crippen LogP contribution is -2.33. The van der Waals surface area contributed by atoms with Crippen LogP contribution in [0.2, 0.25) is 0 Å². The molecule has 0 aliphatic carbocycles.